The fourth-order valence-corrected chi connectivity index (χ4v) is 3.53. The van der Waals surface area contributed by atoms with Gasteiger partial charge >= 0.3 is 0 Å². The molecule has 0 aromatic heterocycles. The quantitative estimate of drug-likeness (QED) is 0.801. The molecule has 5 heteroatoms. The van der Waals surface area contributed by atoms with Gasteiger partial charge in [-0.05, 0) is 18.3 Å². The van der Waals surface area contributed by atoms with E-state index in [4.69, 9.17) is 4.74 Å². The minimum absolute atomic E-state index is 0.0566. The smallest absolute Gasteiger partial charge is 0.214 e. The molecule has 4 nitrogen and oxygen atoms in total. The van der Waals surface area contributed by atoms with E-state index in [9.17, 15) is 8.42 Å². The molecule has 0 amide bonds. The number of hydrogen-bond donors (Lipinski definition) is 1. The van der Waals surface area contributed by atoms with Crippen molar-refractivity contribution in [2.45, 2.75) is 39.2 Å². The van der Waals surface area contributed by atoms with Gasteiger partial charge in [0.25, 0.3) is 0 Å². The van der Waals surface area contributed by atoms with Gasteiger partial charge in [-0.25, -0.2) is 13.1 Å². The van der Waals surface area contributed by atoms with Crippen molar-refractivity contribution in [1.82, 2.24) is 4.72 Å². The minimum atomic E-state index is -3.17. The topological polar surface area (TPSA) is 55.4 Å². The van der Waals surface area contributed by atoms with Crippen molar-refractivity contribution in [1.29, 1.82) is 0 Å². The molecule has 0 aromatic rings. The van der Waals surface area contributed by atoms with Crippen molar-refractivity contribution in [2.24, 2.45) is 11.8 Å². The molecule has 0 saturated heterocycles. The standard InChI is InChI=1S/C11H23NO3S/c1-9-5-4-6-11(10(9)2)12-16(13,14)8-7-15-3/h9-12H,4-8H2,1-3H3. The van der Waals surface area contributed by atoms with Crippen LogP contribution in [0.4, 0.5) is 0 Å². The zero-order valence-corrected chi connectivity index (χ0v) is 11.2. The highest BCUT2D eigenvalue weighted by Gasteiger charge is 2.29. The van der Waals surface area contributed by atoms with E-state index in [1.54, 1.807) is 0 Å². The van der Waals surface area contributed by atoms with Crippen LogP contribution < -0.4 is 4.72 Å². The molecule has 0 aliphatic heterocycles. The molecule has 1 saturated carbocycles. The van der Waals surface area contributed by atoms with Crippen LogP contribution in [0, 0.1) is 11.8 Å². The maximum Gasteiger partial charge on any atom is 0.214 e. The van der Waals surface area contributed by atoms with Gasteiger partial charge in [-0.2, -0.15) is 0 Å². The van der Waals surface area contributed by atoms with E-state index in [0.29, 0.717) is 11.8 Å². The van der Waals surface area contributed by atoms with Crippen molar-refractivity contribution in [2.75, 3.05) is 19.5 Å². The summed E-state index contributed by atoms with van der Waals surface area (Å²) < 4.78 is 31.0. The van der Waals surface area contributed by atoms with E-state index in [1.807, 2.05) is 0 Å². The maximum absolute atomic E-state index is 11.7. The molecule has 96 valence electrons. The third kappa shape index (κ3) is 4.03. The molecule has 3 atom stereocenters. The number of nitrogens with one attached hydrogen (secondary N) is 1. The van der Waals surface area contributed by atoms with Gasteiger partial charge in [0, 0.05) is 13.2 Å². The van der Waals surface area contributed by atoms with E-state index < -0.39 is 10.0 Å². The van der Waals surface area contributed by atoms with Crippen LogP contribution in [0.25, 0.3) is 0 Å². The minimum Gasteiger partial charge on any atom is -0.384 e. The van der Waals surface area contributed by atoms with Gasteiger partial charge in [-0.15, -0.1) is 0 Å². The molecule has 1 fully saturated rings. The summed E-state index contributed by atoms with van der Waals surface area (Å²) in [6.45, 7) is 4.58. The molecule has 1 aliphatic rings. The Bertz CT molecular complexity index is 302. The van der Waals surface area contributed by atoms with Crippen molar-refractivity contribution in [3.8, 4) is 0 Å². The molecular formula is C11H23NO3S. The zero-order valence-electron chi connectivity index (χ0n) is 10.4. The normalized spacial score (nSPS) is 31.6. The number of ether oxygens (including phenoxy) is 1. The monoisotopic (exact) mass is 249 g/mol. The van der Waals surface area contributed by atoms with E-state index in [2.05, 4.69) is 18.6 Å². The maximum atomic E-state index is 11.7. The molecule has 0 aromatic carbocycles. The first-order valence-electron chi connectivity index (χ1n) is 5.95. The number of methoxy groups -OCH3 is 1. The van der Waals surface area contributed by atoms with Crippen molar-refractivity contribution in [3.05, 3.63) is 0 Å². The fraction of sp³-hybridized carbons (Fsp3) is 1.00. The Kier molecular flexibility index (Phi) is 5.21. The van der Waals surface area contributed by atoms with Gasteiger partial charge in [-0.3, -0.25) is 0 Å². The Hall–Kier alpha value is -0.130. The Labute approximate surface area is 98.8 Å². The largest absolute Gasteiger partial charge is 0.384 e. The fourth-order valence-electron chi connectivity index (χ4n) is 2.23. The van der Waals surface area contributed by atoms with Gasteiger partial charge in [-0.1, -0.05) is 26.7 Å². The van der Waals surface area contributed by atoms with Crippen molar-refractivity contribution < 1.29 is 13.2 Å². The Balaban J connectivity index is 2.52. The summed E-state index contributed by atoms with van der Waals surface area (Å²) in [5.41, 5.74) is 0. The lowest BCUT2D eigenvalue weighted by molar-refractivity contribution is 0.213. The molecule has 0 bridgehead atoms. The second-order valence-corrected chi connectivity index (χ2v) is 6.68. The highest BCUT2D eigenvalue weighted by Crippen LogP contribution is 2.29. The average molecular weight is 249 g/mol. The van der Waals surface area contributed by atoms with E-state index in [-0.39, 0.29) is 18.4 Å². The second-order valence-electron chi connectivity index (χ2n) is 4.80. The molecule has 0 spiro atoms. The average Bonchev–Trinajstić information content (AvgIpc) is 2.22. The first-order valence-corrected chi connectivity index (χ1v) is 7.60. The molecule has 1 aliphatic carbocycles. The first-order chi connectivity index (χ1) is 7.46. The van der Waals surface area contributed by atoms with Crippen LogP contribution in [-0.2, 0) is 14.8 Å². The predicted molar refractivity (Wildman–Crippen MR) is 64.8 cm³/mol. The lowest BCUT2D eigenvalue weighted by atomic mass is 9.78. The van der Waals surface area contributed by atoms with Gasteiger partial charge in [0.1, 0.15) is 0 Å². The second kappa shape index (κ2) is 5.98. The van der Waals surface area contributed by atoms with E-state index >= 15 is 0 Å². The van der Waals surface area contributed by atoms with Crippen LogP contribution in [0.15, 0.2) is 0 Å². The lowest BCUT2D eigenvalue weighted by Gasteiger charge is -2.34. The van der Waals surface area contributed by atoms with Crippen LogP contribution >= 0.6 is 0 Å². The highest BCUT2D eigenvalue weighted by atomic mass is 32.2. The van der Waals surface area contributed by atoms with Gasteiger partial charge in [0.2, 0.25) is 10.0 Å². The lowest BCUT2D eigenvalue weighted by Crippen LogP contribution is -2.44. The molecular weight excluding hydrogens is 226 g/mol. The van der Waals surface area contributed by atoms with Crippen LogP contribution in [0.5, 0.6) is 0 Å². The van der Waals surface area contributed by atoms with Gasteiger partial charge < -0.3 is 4.74 Å². The van der Waals surface area contributed by atoms with Crippen LogP contribution in [0.1, 0.15) is 33.1 Å². The first kappa shape index (κ1) is 13.9. The third-order valence-electron chi connectivity index (χ3n) is 3.59. The van der Waals surface area contributed by atoms with Gasteiger partial charge in [0.05, 0.1) is 12.4 Å². The summed E-state index contributed by atoms with van der Waals surface area (Å²) in [4.78, 5) is 0. The van der Waals surface area contributed by atoms with Crippen LogP contribution in [-0.4, -0.2) is 33.9 Å². The molecule has 16 heavy (non-hydrogen) atoms. The summed E-state index contributed by atoms with van der Waals surface area (Å²) in [7, 11) is -1.66. The van der Waals surface area contributed by atoms with Crippen molar-refractivity contribution in [3.63, 3.8) is 0 Å². The summed E-state index contributed by atoms with van der Waals surface area (Å²) >= 11 is 0. The summed E-state index contributed by atoms with van der Waals surface area (Å²) in [5.74, 6) is 1.08. The van der Waals surface area contributed by atoms with Gasteiger partial charge in [0.15, 0.2) is 0 Å². The summed E-state index contributed by atoms with van der Waals surface area (Å²) in [6, 6.07) is 0.102. The number of hydrogen-bond acceptors (Lipinski definition) is 3. The predicted octanol–water partition coefficient (Wildman–Crippen LogP) is 1.38. The Morgan fingerprint density at radius 2 is 2.00 bits per heavy atom. The zero-order chi connectivity index (χ0) is 12.2. The molecule has 1 rings (SSSR count). The Morgan fingerprint density at radius 3 is 2.62 bits per heavy atom. The van der Waals surface area contributed by atoms with Crippen molar-refractivity contribution >= 4 is 10.0 Å². The molecule has 0 radical (unpaired) electrons. The summed E-state index contributed by atoms with van der Waals surface area (Å²) in [5, 5.41) is 0. The molecule has 3 unspecified atom stereocenters. The molecule has 1 N–H and O–H groups in total. The highest BCUT2D eigenvalue weighted by molar-refractivity contribution is 7.89. The Morgan fingerprint density at radius 1 is 1.31 bits per heavy atom. The summed E-state index contributed by atoms with van der Waals surface area (Å²) in [6.07, 6.45) is 3.28. The SMILES string of the molecule is COCCS(=O)(=O)NC1CCCC(C)C1C. The van der Waals surface area contributed by atoms with E-state index in [1.165, 1.54) is 13.5 Å². The third-order valence-corrected chi connectivity index (χ3v) is 4.96. The molecule has 0 heterocycles. The van der Waals surface area contributed by atoms with Crippen LogP contribution in [0.2, 0.25) is 0 Å². The van der Waals surface area contributed by atoms with E-state index in [0.717, 1.165) is 12.8 Å². The van der Waals surface area contributed by atoms with Crippen LogP contribution in [0.3, 0.4) is 0 Å². The number of rotatable bonds is 5. The number of sulfonamides is 1.